The van der Waals surface area contributed by atoms with Crippen molar-refractivity contribution < 1.29 is 9.90 Å². The summed E-state index contributed by atoms with van der Waals surface area (Å²) in [6.07, 6.45) is -0.683. The number of carbonyl (C=O) groups is 1. The van der Waals surface area contributed by atoms with E-state index >= 15 is 0 Å². The molecule has 0 aromatic heterocycles. The van der Waals surface area contributed by atoms with Gasteiger partial charge in [0.2, 0.25) is 5.91 Å². The largest absolute Gasteiger partial charge is 0.387 e. The average Bonchev–Trinajstić information content (AvgIpc) is 2.42. The van der Waals surface area contributed by atoms with Crippen molar-refractivity contribution >= 4 is 5.91 Å². The van der Waals surface area contributed by atoms with Crippen molar-refractivity contribution in [2.75, 3.05) is 20.6 Å². The molecule has 1 unspecified atom stereocenters. The van der Waals surface area contributed by atoms with Crippen LogP contribution in [0.4, 0.5) is 0 Å². The maximum Gasteiger partial charge on any atom is 0.237 e. The van der Waals surface area contributed by atoms with Crippen LogP contribution in [0.25, 0.3) is 0 Å². The quantitative estimate of drug-likeness (QED) is 0.873. The predicted octanol–water partition coefficient (Wildman–Crippen LogP) is 2.08. The fourth-order valence-corrected chi connectivity index (χ4v) is 1.90. The molecule has 1 amide bonds. The lowest BCUT2D eigenvalue weighted by Crippen LogP contribution is -2.42. The van der Waals surface area contributed by atoms with Crippen LogP contribution in [0.3, 0.4) is 0 Å². The van der Waals surface area contributed by atoms with E-state index in [1.165, 1.54) is 5.56 Å². The number of aliphatic hydroxyl groups is 1. The molecular formula is C17H28N2O2. The minimum absolute atomic E-state index is 0.0784. The molecule has 0 bridgehead atoms. The summed E-state index contributed by atoms with van der Waals surface area (Å²) in [7, 11) is 3.71. The number of likely N-dealkylation sites (N-methyl/N-ethyl adjacent to an activating group) is 1. The Morgan fingerprint density at radius 1 is 1.24 bits per heavy atom. The van der Waals surface area contributed by atoms with Crippen molar-refractivity contribution in [1.82, 2.24) is 10.2 Å². The average molecular weight is 292 g/mol. The van der Waals surface area contributed by atoms with Crippen LogP contribution >= 0.6 is 0 Å². The molecule has 2 N–H and O–H groups in total. The van der Waals surface area contributed by atoms with Crippen LogP contribution in [0.15, 0.2) is 24.3 Å². The second kappa shape index (κ2) is 7.05. The summed E-state index contributed by atoms with van der Waals surface area (Å²) < 4.78 is 0. The van der Waals surface area contributed by atoms with Crippen molar-refractivity contribution in [1.29, 1.82) is 0 Å². The van der Waals surface area contributed by atoms with Crippen LogP contribution in [0.2, 0.25) is 0 Å². The zero-order valence-electron chi connectivity index (χ0n) is 14.0. The van der Waals surface area contributed by atoms with Crippen molar-refractivity contribution in [3.63, 3.8) is 0 Å². The Kier molecular flexibility index (Phi) is 5.93. The lowest BCUT2D eigenvalue weighted by molar-refractivity contribution is -0.125. The van der Waals surface area contributed by atoms with E-state index in [2.05, 4.69) is 26.1 Å². The third kappa shape index (κ3) is 5.14. The van der Waals surface area contributed by atoms with E-state index in [1.807, 2.05) is 50.2 Å². The number of amides is 1. The fraction of sp³-hybridized carbons (Fsp3) is 0.588. The molecule has 0 aliphatic carbocycles. The second-order valence-corrected chi connectivity index (χ2v) is 6.77. The Labute approximate surface area is 128 Å². The molecule has 0 saturated carbocycles. The maximum absolute atomic E-state index is 11.8. The number of nitrogens with zero attached hydrogens (tertiary/aromatic N) is 1. The first-order valence-corrected chi connectivity index (χ1v) is 7.35. The van der Waals surface area contributed by atoms with Gasteiger partial charge in [0.25, 0.3) is 0 Å². The number of hydrogen-bond donors (Lipinski definition) is 2. The van der Waals surface area contributed by atoms with E-state index < -0.39 is 6.10 Å². The predicted molar refractivity (Wildman–Crippen MR) is 86.3 cm³/mol. The molecule has 1 aromatic carbocycles. The molecule has 4 nitrogen and oxygen atoms in total. The van der Waals surface area contributed by atoms with Gasteiger partial charge in [0.05, 0.1) is 12.1 Å². The normalized spacial score (nSPS) is 14.9. The van der Waals surface area contributed by atoms with Gasteiger partial charge in [-0.2, -0.15) is 0 Å². The number of benzene rings is 1. The molecule has 4 heteroatoms. The van der Waals surface area contributed by atoms with E-state index in [-0.39, 0.29) is 23.9 Å². The van der Waals surface area contributed by atoms with Gasteiger partial charge in [0, 0.05) is 6.54 Å². The molecule has 0 radical (unpaired) electrons. The van der Waals surface area contributed by atoms with E-state index in [1.54, 1.807) is 0 Å². The fourth-order valence-electron chi connectivity index (χ4n) is 1.90. The lowest BCUT2D eigenvalue weighted by atomic mass is 9.86. The van der Waals surface area contributed by atoms with E-state index in [9.17, 15) is 9.90 Å². The minimum Gasteiger partial charge on any atom is -0.387 e. The number of carbonyl (C=O) groups excluding carboxylic acids is 1. The molecule has 0 spiro atoms. The molecular weight excluding hydrogens is 264 g/mol. The summed E-state index contributed by atoms with van der Waals surface area (Å²) in [5.74, 6) is -0.0784. The number of rotatable bonds is 5. The first-order valence-electron chi connectivity index (χ1n) is 7.35. The van der Waals surface area contributed by atoms with E-state index in [4.69, 9.17) is 0 Å². The van der Waals surface area contributed by atoms with E-state index in [0.717, 1.165) is 5.56 Å². The van der Waals surface area contributed by atoms with Gasteiger partial charge < -0.3 is 10.4 Å². The molecule has 1 aromatic rings. The van der Waals surface area contributed by atoms with Gasteiger partial charge in [-0.1, -0.05) is 45.0 Å². The Hall–Kier alpha value is -1.39. The zero-order chi connectivity index (χ0) is 16.2. The van der Waals surface area contributed by atoms with E-state index in [0.29, 0.717) is 0 Å². The van der Waals surface area contributed by atoms with Crippen molar-refractivity contribution in [2.24, 2.45) is 0 Å². The Morgan fingerprint density at radius 3 is 2.19 bits per heavy atom. The Morgan fingerprint density at radius 2 is 1.76 bits per heavy atom. The highest BCUT2D eigenvalue weighted by atomic mass is 16.3. The number of nitrogens with one attached hydrogen (secondary N) is 1. The first-order chi connectivity index (χ1) is 9.62. The highest BCUT2D eigenvalue weighted by molar-refractivity contribution is 5.81. The molecule has 0 heterocycles. The molecule has 0 saturated heterocycles. The molecule has 2 atom stereocenters. The minimum atomic E-state index is -0.683. The lowest BCUT2D eigenvalue weighted by Gasteiger charge is -2.21. The summed E-state index contributed by atoms with van der Waals surface area (Å²) in [5.41, 5.74) is 2.14. The van der Waals surface area contributed by atoms with Gasteiger partial charge in [0.15, 0.2) is 0 Å². The molecule has 0 aliphatic heterocycles. The van der Waals surface area contributed by atoms with Gasteiger partial charge in [-0.15, -0.1) is 0 Å². The summed E-state index contributed by atoms with van der Waals surface area (Å²) in [6.45, 7) is 8.52. The van der Waals surface area contributed by atoms with Crippen molar-refractivity contribution in [3.8, 4) is 0 Å². The summed E-state index contributed by atoms with van der Waals surface area (Å²) in [6, 6.07) is 7.70. The Balaban J connectivity index is 2.60. The highest BCUT2D eigenvalue weighted by Gasteiger charge is 2.17. The summed E-state index contributed by atoms with van der Waals surface area (Å²) in [5, 5.41) is 12.9. The Bertz CT molecular complexity index is 461. The van der Waals surface area contributed by atoms with Gasteiger partial charge in [-0.05, 0) is 37.6 Å². The smallest absolute Gasteiger partial charge is 0.237 e. The first kappa shape index (κ1) is 17.7. The number of aliphatic hydroxyl groups excluding tert-OH is 1. The topological polar surface area (TPSA) is 52.6 Å². The molecule has 118 valence electrons. The summed E-state index contributed by atoms with van der Waals surface area (Å²) >= 11 is 0. The SMILES string of the molecule is C[C@@H](C(=O)NCC(O)c1ccc(C(C)(C)C)cc1)N(C)C. The molecule has 1 rings (SSSR count). The molecule has 0 aliphatic rings. The van der Waals surface area contributed by atoms with Crippen LogP contribution in [0, 0.1) is 0 Å². The van der Waals surface area contributed by atoms with Crippen LogP contribution in [-0.2, 0) is 10.2 Å². The van der Waals surface area contributed by atoms with Crippen LogP contribution < -0.4 is 5.32 Å². The maximum atomic E-state index is 11.8. The van der Waals surface area contributed by atoms with Crippen LogP contribution in [0.1, 0.15) is 44.9 Å². The highest BCUT2D eigenvalue weighted by Crippen LogP contribution is 2.23. The zero-order valence-corrected chi connectivity index (χ0v) is 14.0. The standard InChI is InChI=1S/C17H28N2O2/c1-12(19(5)6)16(21)18-11-15(20)13-7-9-14(10-8-13)17(2,3)4/h7-10,12,15,20H,11H2,1-6H3,(H,18,21)/t12-,15?/m0/s1. The van der Waals surface area contributed by atoms with Gasteiger partial charge in [-0.3, -0.25) is 9.69 Å². The monoisotopic (exact) mass is 292 g/mol. The van der Waals surface area contributed by atoms with Crippen molar-refractivity contribution in [2.45, 2.75) is 45.3 Å². The van der Waals surface area contributed by atoms with Gasteiger partial charge in [-0.25, -0.2) is 0 Å². The molecule has 21 heavy (non-hydrogen) atoms. The third-order valence-corrected chi connectivity index (χ3v) is 3.79. The van der Waals surface area contributed by atoms with Crippen LogP contribution in [0.5, 0.6) is 0 Å². The van der Waals surface area contributed by atoms with Crippen molar-refractivity contribution in [3.05, 3.63) is 35.4 Å². The summed E-state index contributed by atoms with van der Waals surface area (Å²) in [4.78, 5) is 13.7. The number of hydrogen-bond acceptors (Lipinski definition) is 3. The molecule has 0 fully saturated rings. The van der Waals surface area contributed by atoms with Gasteiger partial charge >= 0.3 is 0 Å². The third-order valence-electron chi connectivity index (χ3n) is 3.79. The van der Waals surface area contributed by atoms with Gasteiger partial charge in [0.1, 0.15) is 0 Å². The van der Waals surface area contributed by atoms with Crippen LogP contribution in [-0.4, -0.2) is 42.6 Å². The second-order valence-electron chi connectivity index (χ2n) is 6.77.